The molecule has 21 heavy (non-hydrogen) atoms. The normalized spacial score (nSPS) is 18.6. The van der Waals surface area contributed by atoms with E-state index in [1.807, 2.05) is 0 Å². The Morgan fingerprint density at radius 3 is 2.95 bits per heavy atom. The summed E-state index contributed by atoms with van der Waals surface area (Å²) in [7, 11) is 0. The van der Waals surface area contributed by atoms with Crippen molar-refractivity contribution in [2.75, 3.05) is 32.7 Å². The van der Waals surface area contributed by atoms with Gasteiger partial charge < -0.3 is 16.0 Å². The molecular formula is C16H28N4S. The SMILES string of the molecule is CC(CN=C(N)NCCc1cccs1)CN1CCCCC1. The van der Waals surface area contributed by atoms with Crippen molar-refractivity contribution in [3.63, 3.8) is 0 Å². The predicted molar refractivity (Wildman–Crippen MR) is 92.0 cm³/mol. The fourth-order valence-electron chi connectivity index (χ4n) is 2.72. The molecular weight excluding hydrogens is 280 g/mol. The van der Waals surface area contributed by atoms with Crippen molar-refractivity contribution in [3.8, 4) is 0 Å². The minimum Gasteiger partial charge on any atom is -0.370 e. The molecule has 118 valence electrons. The van der Waals surface area contributed by atoms with Crippen LogP contribution >= 0.6 is 11.3 Å². The van der Waals surface area contributed by atoms with Gasteiger partial charge in [-0.25, -0.2) is 0 Å². The molecule has 5 heteroatoms. The predicted octanol–water partition coefficient (Wildman–Crippen LogP) is 2.32. The maximum atomic E-state index is 5.92. The quantitative estimate of drug-likeness (QED) is 0.600. The zero-order valence-corrected chi connectivity index (χ0v) is 13.9. The molecule has 0 aliphatic carbocycles. The number of aliphatic imine (C=N–C) groups is 1. The molecule has 0 spiro atoms. The molecule has 1 aromatic heterocycles. The maximum Gasteiger partial charge on any atom is 0.188 e. The first-order valence-corrected chi connectivity index (χ1v) is 8.90. The fourth-order valence-corrected chi connectivity index (χ4v) is 3.43. The van der Waals surface area contributed by atoms with Crippen LogP contribution < -0.4 is 11.1 Å². The van der Waals surface area contributed by atoms with E-state index in [0.29, 0.717) is 11.9 Å². The van der Waals surface area contributed by atoms with Crippen LogP contribution in [0.15, 0.2) is 22.5 Å². The largest absolute Gasteiger partial charge is 0.370 e. The topological polar surface area (TPSA) is 53.6 Å². The molecule has 1 atom stereocenters. The molecule has 1 unspecified atom stereocenters. The van der Waals surface area contributed by atoms with Crippen molar-refractivity contribution in [1.82, 2.24) is 10.2 Å². The molecule has 0 radical (unpaired) electrons. The van der Waals surface area contributed by atoms with Gasteiger partial charge in [0.05, 0.1) is 0 Å². The van der Waals surface area contributed by atoms with Crippen molar-refractivity contribution in [3.05, 3.63) is 22.4 Å². The van der Waals surface area contributed by atoms with Crippen LogP contribution in [-0.2, 0) is 6.42 Å². The highest BCUT2D eigenvalue weighted by atomic mass is 32.1. The summed E-state index contributed by atoms with van der Waals surface area (Å²) < 4.78 is 0. The van der Waals surface area contributed by atoms with E-state index in [9.17, 15) is 0 Å². The van der Waals surface area contributed by atoms with Gasteiger partial charge in [-0.1, -0.05) is 19.4 Å². The van der Waals surface area contributed by atoms with Gasteiger partial charge in [-0.2, -0.15) is 0 Å². The zero-order valence-electron chi connectivity index (χ0n) is 13.1. The van der Waals surface area contributed by atoms with Crippen LogP contribution in [0.3, 0.4) is 0 Å². The van der Waals surface area contributed by atoms with Gasteiger partial charge in [0.15, 0.2) is 5.96 Å². The lowest BCUT2D eigenvalue weighted by atomic mass is 10.1. The molecule has 0 bridgehead atoms. The number of thiophene rings is 1. The average Bonchev–Trinajstić information content (AvgIpc) is 2.99. The third-order valence-electron chi connectivity index (χ3n) is 3.85. The number of nitrogens with one attached hydrogen (secondary N) is 1. The minimum atomic E-state index is 0.570. The van der Waals surface area contributed by atoms with Crippen molar-refractivity contribution < 1.29 is 0 Å². The summed E-state index contributed by atoms with van der Waals surface area (Å²) in [5.74, 6) is 1.15. The van der Waals surface area contributed by atoms with Crippen molar-refractivity contribution in [2.45, 2.75) is 32.6 Å². The third-order valence-corrected chi connectivity index (χ3v) is 4.79. The summed E-state index contributed by atoms with van der Waals surface area (Å²) in [6.45, 7) is 7.58. The monoisotopic (exact) mass is 308 g/mol. The highest BCUT2D eigenvalue weighted by molar-refractivity contribution is 7.09. The van der Waals surface area contributed by atoms with Crippen LogP contribution in [0.5, 0.6) is 0 Å². The Morgan fingerprint density at radius 2 is 2.24 bits per heavy atom. The van der Waals surface area contributed by atoms with E-state index >= 15 is 0 Å². The number of hydrogen-bond acceptors (Lipinski definition) is 3. The number of likely N-dealkylation sites (tertiary alicyclic amines) is 1. The van der Waals surface area contributed by atoms with Gasteiger partial charge in [0.1, 0.15) is 0 Å². The minimum absolute atomic E-state index is 0.570. The Kier molecular flexibility index (Phi) is 7.03. The third kappa shape index (κ3) is 6.48. The highest BCUT2D eigenvalue weighted by Crippen LogP contribution is 2.11. The summed E-state index contributed by atoms with van der Waals surface area (Å²) in [6.07, 6.45) is 5.10. The Balaban J connectivity index is 1.60. The molecule has 0 aromatic carbocycles. The summed E-state index contributed by atoms with van der Waals surface area (Å²) in [4.78, 5) is 8.41. The van der Waals surface area contributed by atoms with E-state index in [2.05, 4.69) is 39.6 Å². The van der Waals surface area contributed by atoms with E-state index in [0.717, 1.165) is 26.1 Å². The molecule has 1 aromatic rings. The Hall–Kier alpha value is -1.07. The smallest absolute Gasteiger partial charge is 0.188 e. The molecule has 1 fully saturated rings. The lowest BCUT2D eigenvalue weighted by Crippen LogP contribution is -2.36. The molecule has 2 heterocycles. The van der Waals surface area contributed by atoms with Crippen LogP contribution in [0.25, 0.3) is 0 Å². The fraction of sp³-hybridized carbons (Fsp3) is 0.688. The maximum absolute atomic E-state index is 5.92. The van der Waals surface area contributed by atoms with Gasteiger partial charge in [-0.15, -0.1) is 11.3 Å². The number of rotatable bonds is 7. The Bertz CT molecular complexity index is 410. The standard InChI is InChI=1S/C16H28N4S/c1-14(13-20-9-3-2-4-10-20)12-19-16(17)18-8-7-15-6-5-11-21-15/h5-6,11,14H,2-4,7-10,12-13H2,1H3,(H3,17,18,19). The lowest BCUT2D eigenvalue weighted by molar-refractivity contribution is 0.203. The molecule has 3 N–H and O–H groups in total. The second kappa shape index (κ2) is 9.05. The number of nitrogens with zero attached hydrogens (tertiary/aromatic N) is 2. The second-order valence-corrected chi connectivity index (χ2v) is 6.98. The van der Waals surface area contributed by atoms with Crippen LogP contribution in [-0.4, -0.2) is 43.6 Å². The number of guanidine groups is 1. The highest BCUT2D eigenvalue weighted by Gasteiger charge is 2.13. The van der Waals surface area contributed by atoms with Gasteiger partial charge in [0.25, 0.3) is 0 Å². The molecule has 0 saturated carbocycles. The lowest BCUT2D eigenvalue weighted by Gasteiger charge is -2.28. The first-order valence-electron chi connectivity index (χ1n) is 8.02. The number of hydrogen-bond donors (Lipinski definition) is 2. The first-order chi connectivity index (χ1) is 10.2. The molecule has 1 aliphatic heterocycles. The van der Waals surface area contributed by atoms with Gasteiger partial charge in [0.2, 0.25) is 0 Å². The van der Waals surface area contributed by atoms with Gasteiger partial charge in [-0.05, 0) is 49.7 Å². The first kappa shape index (κ1) is 16.3. The van der Waals surface area contributed by atoms with Gasteiger partial charge in [-0.3, -0.25) is 4.99 Å². The van der Waals surface area contributed by atoms with Gasteiger partial charge >= 0.3 is 0 Å². The summed E-state index contributed by atoms with van der Waals surface area (Å²) >= 11 is 1.79. The molecule has 1 aliphatic rings. The van der Waals surface area contributed by atoms with Crippen LogP contribution in [0.4, 0.5) is 0 Å². The van der Waals surface area contributed by atoms with E-state index < -0.39 is 0 Å². The summed E-state index contributed by atoms with van der Waals surface area (Å²) in [5, 5.41) is 5.31. The van der Waals surface area contributed by atoms with Crippen molar-refractivity contribution in [2.24, 2.45) is 16.6 Å². The molecule has 1 saturated heterocycles. The van der Waals surface area contributed by atoms with Crippen LogP contribution in [0.2, 0.25) is 0 Å². The Labute approximate surface area is 132 Å². The van der Waals surface area contributed by atoms with Crippen molar-refractivity contribution in [1.29, 1.82) is 0 Å². The van der Waals surface area contributed by atoms with E-state index in [4.69, 9.17) is 5.73 Å². The summed E-state index contributed by atoms with van der Waals surface area (Å²) in [5.41, 5.74) is 5.92. The van der Waals surface area contributed by atoms with E-state index in [-0.39, 0.29) is 0 Å². The van der Waals surface area contributed by atoms with Crippen LogP contribution in [0, 0.1) is 5.92 Å². The van der Waals surface area contributed by atoms with Crippen molar-refractivity contribution >= 4 is 17.3 Å². The van der Waals surface area contributed by atoms with Gasteiger partial charge in [0, 0.05) is 24.5 Å². The number of piperidine rings is 1. The number of nitrogens with two attached hydrogens (primary N) is 1. The zero-order chi connectivity index (χ0) is 14.9. The second-order valence-electron chi connectivity index (χ2n) is 5.95. The Morgan fingerprint density at radius 1 is 1.43 bits per heavy atom. The molecule has 2 rings (SSSR count). The molecule has 4 nitrogen and oxygen atoms in total. The summed E-state index contributed by atoms with van der Waals surface area (Å²) in [6, 6.07) is 4.24. The van der Waals surface area contributed by atoms with Crippen LogP contribution in [0.1, 0.15) is 31.1 Å². The van der Waals surface area contributed by atoms with E-state index in [1.54, 1.807) is 11.3 Å². The van der Waals surface area contributed by atoms with E-state index in [1.165, 1.54) is 37.2 Å². The average molecular weight is 308 g/mol. The molecule has 0 amide bonds.